The van der Waals surface area contributed by atoms with Crippen molar-refractivity contribution >= 4 is 103 Å². The summed E-state index contributed by atoms with van der Waals surface area (Å²) in [4.78, 5) is 11.5. The topological polar surface area (TPSA) is 6.48 Å². The molecule has 10 rings (SSSR count). The van der Waals surface area contributed by atoms with Crippen LogP contribution in [0.15, 0.2) is 227 Å². The van der Waals surface area contributed by atoms with Crippen LogP contribution < -0.4 is 9.80 Å². The summed E-state index contributed by atoms with van der Waals surface area (Å²) in [5.41, 5.74) is 11.6. The molecule has 340 valence electrons. The van der Waals surface area contributed by atoms with Gasteiger partial charge in [-0.2, -0.15) is 10.5 Å². The Kier molecular flexibility index (Phi) is 12.5. The first-order valence-electron chi connectivity index (χ1n) is 22.8. The Balaban J connectivity index is 1.23. The van der Waals surface area contributed by atoms with Gasteiger partial charge in [0, 0.05) is 58.9 Å². The Hall–Kier alpha value is -6.28. The smallest absolute Gasteiger partial charge is 0.0620 e. The van der Waals surface area contributed by atoms with Crippen molar-refractivity contribution in [3.63, 3.8) is 0 Å². The second-order valence-corrected chi connectivity index (χ2v) is 30.0. The molecule has 9 aromatic carbocycles. The van der Waals surface area contributed by atoms with Crippen molar-refractivity contribution < 1.29 is 0 Å². The zero-order valence-corrected chi connectivity index (χ0v) is 43.2. The van der Waals surface area contributed by atoms with Crippen LogP contribution in [0, 0.1) is 0 Å². The molecular weight excluding hydrogens is 901 g/mol. The third-order valence-electron chi connectivity index (χ3n) is 12.7. The van der Waals surface area contributed by atoms with Gasteiger partial charge in [0.25, 0.3) is 0 Å². The third kappa shape index (κ3) is 9.06. The molecule has 0 radical (unpaired) electrons. The summed E-state index contributed by atoms with van der Waals surface area (Å²) in [5, 5.41) is 4.70. The summed E-state index contributed by atoms with van der Waals surface area (Å²) in [5.74, 6) is 4.39. The second-order valence-electron chi connectivity index (χ2n) is 18.9. The number of rotatable bonds is 12. The van der Waals surface area contributed by atoms with Crippen molar-refractivity contribution in [2.75, 3.05) is 53.6 Å². The van der Waals surface area contributed by atoms with Crippen molar-refractivity contribution in [1.82, 2.24) is 0 Å². The van der Waals surface area contributed by atoms with E-state index < -0.39 is 20.1 Å². The quantitative estimate of drug-likeness (QED) is 0.0684. The molecule has 0 aliphatic rings. The molecule has 2 nitrogen and oxygen atoms in total. The molecule has 0 spiro atoms. The molecule has 0 saturated carbocycles. The predicted molar refractivity (Wildman–Crippen MR) is 311 cm³/mol. The van der Waals surface area contributed by atoms with E-state index in [1.165, 1.54) is 68.2 Å². The summed E-state index contributed by atoms with van der Waals surface area (Å²) in [6, 6.07) is 79.1. The second kappa shape index (κ2) is 18.7. The Labute approximate surface area is 413 Å². The number of anilines is 6. The van der Waals surface area contributed by atoms with Gasteiger partial charge in [-0.25, -0.2) is 20.1 Å². The molecule has 0 saturated heterocycles. The van der Waals surface area contributed by atoms with E-state index >= 15 is 0 Å². The minimum atomic E-state index is -0.927. The summed E-state index contributed by atoms with van der Waals surface area (Å²) in [7, 11) is -1.96. The zero-order valence-electron chi connectivity index (χ0n) is 39.9. The van der Waals surface area contributed by atoms with E-state index in [0.29, 0.717) is 0 Å². The van der Waals surface area contributed by atoms with Gasteiger partial charge in [-0.3, -0.25) is 0 Å². The van der Waals surface area contributed by atoms with Gasteiger partial charge in [0.05, 0.1) is 11.4 Å². The van der Waals surface area contributed by atoms with Gasteiger partial charge < -0.3 is 9.80 Å². The summed E-state index contributed by atoms with van der Waals surface area (Å²) in [6.07, 6.45) is 16.4. The first kappa shape index (κ1) is 45.5. The monoisotopic (exact) mass is 958 g/mol. The minimum Gasteiger partial charge on any atom is -0.309 e. The van der Waals surface area contributed by atoms with Crippen LogP contribution >= 0.6 is 41.9 Å². The average Bonchev–Trinajstić information content (AvgIpc) is 3.86. The van der Waals surface area contributed by atoms with Crippen molar-refractivity contribution in [2.45, 2.75) is 14.7 Å². The molecule has 6 heteroatoms. The number of benzene rings is 9. The van der Waals surface area contributed by atoms with Gasteiger partial charge in [0.1, 0.15) is 0 Å². The van der Waals surface area contributed by atoms with Crippen LogP contribution in [0.25, 0.3) is 53.6 Å². The lowest BCUT2D eigenvalue weighted by Crippen LogP contribution is -2.15. The van der Waals surface area contributed by atoms with E-state index in [4.69, 9.17) is 0 Å². The molecule has 1 unspecified atom stereocenters. The SMILES string of the molecule is C=S(C)c1ccc(N(c2ccc(S(C)(C)C)cc2)c2c3ccccc3c(N(c3ccccc3)c3ccc(S(C)(C)C)cc3)c3cc(-c4ccc(-c5ccc(-c6ccccc6)s5)cc4)ccc23)cc1. The molecule has 1 heterocycles. The van der Waals surface area contributed by atoms with Crippen LogP contribution in [0.1, 0.15) is 0 Å². The fourth-order valence-corrected chi connectivity index (χ4v) is 12.6. The number of hydrogen-bond acceptors (Lipinski definition) is 3. The van der Waals surface area contributed by atoms with Crippen molar-refractivity contribution in [1.29, 1.82) is 0 Å². The molecule has 0 aliphatic carbocycles. The van der Waals surface area contributed by atoms with E-state index in [2.05, 4.69) is 272 Å². The number of nitrogens with zero attached hydrogens (tertiary/aromatic N) is 2. The molecular formula is C62H58N2S4. The van der Waals surface area contributed by atoms with Crippen molar-refractivity contribution in [3.8, 4) is 32.0 Å². The highest BCUT2D eigenvalue weighted by atomic mass is 32.3. The first-order valence-corrected chi connectivity index (χ1v) is 31.2. The van der Waals surface area contributed by atoms with Gasteiger partial charge in [-0.15, -0.1) is 11.3 Å². The van der Waals surface area contributed by atoms with Crippen molar-refractivity contribution in [3.05, 3.63) is 212 Å². The molecule has 0 bridgehead atoms. The maximum atomic E-state index is 4.39. The van der Waals surface area contributed by atoms with E-state index in [9.17, 15) is 0 Å². The number of hydrogen-bond donors (Lipinski definition) is 0. The summed E-state index contributed by atoms with van der Waals surface area (Å²) < 4.78 is 0. The molecule has 0 N–H and O–H groups in total. The highest BCUT2D eigenvalue weighted by Crippen LogP contribution is 2.54. The largest absolute Gasteiger partial charge is 0.309 e. The van der Waals surface area contributed by atoms with E-state index in [0.717, 1.165) is 34.1 Å². The first-order chi connectivity index (χ1) is 32.8. The van der Waals surface area contributed by atoms with Crippen LogP contribution in [0.5, 0.6) is 0 Å². The van der Waals surface area contributed by atoms with E-state index in [-0.39, 0.29) is 10.5 Å². The lowest BCUT2D eigenvalue weighted by atomic mass is 9.92. The van der Waals surface area contributed by atoms with Gasteiger partial charge in [-0.1, -0.05) is 115 Å². The molecule has 0 fully saturated rings. The summed E-state index contributed by atoms with van der Waals surface area (Å²) in [6.45, 7) is 0. The standard InChI is InChI=1S/C62H58N2S4/c1-66(2)52-34-28-49(29-35-52)64(51-32-38-54(39-33-51)68(6,7)8)61-55-21-15-16-22-56(55)62(63(48-19-13-10-14-20-48)50-30-36-53(37-31-50)67(3,4)5)58-43-47(27-40-57(58)61)44-23-25-46(26-24-44)60-42-41-59(65-60)45-17-11-9-12-18-45/h9-43H,1H2,2-8H3. The Morgan fingerprint density at radius 1 is 0.368 bits per heavy atom. The third-order valence-corrected chi connectivity index (χ3v) is 18.3. The van der Waals surface area contributed by atoms with Crippen molar-refractivity contribution in [2.24, 2.45) is 0 Å². The maximum absolute atomic E-state index is 4.39. The van der Waals surface area contributed by atoms with Crippen LogP contribution in [0.2, 0.25) is 0 Å². The van der Waals surface area contributed by atoms with Gasteiger partial charge in [0.2, 0.25) is 0 Å². The van der Waals surface area contributed by atoms with Gasteiger partial charge in [-0.05, 0) is 179 Å². The molecule has 10 aromatic rings. The fraction of sp³-hybridized carbons (Fsp3) is 0.113. The normalized spacial score (nSPS) is 12.8. The number of fused-ring (bicyclic) bond motifs is 2. The molecule has 1 atom stereocenters. The van der Waals surface area contributed by atoms with Crippen LogP contribution in [0.3, 0.4) is 0 Å². The molecule has 1 aromatic heterocycles. The Morgan fingerprint density at radius 3 is 1.24 bits per heavy atom. The minimum absolute atomic E-state index is 0.109. The predicted octanol–water partition coefficient (Wildman–Crippen LogP) is 18.8. The highest BCUT2D eigenvalue weighted by molar-refractivity contribution is 8.32. The lowest BCUT2D eigenvalue weighted by molar-refractivity contribution is 1.27. The van der Waals surface area contributed by atoms with Crippen LogP contribution in [-0.4, -0.2) is 49.7 Å². The molecule has 68 heavy (non-hydrogen) atoms. The molecule has 0 aliphatic heterocycles. The van der Waals surface area contributed by atoms with Crippen LogP contribution in [0.4, 0.5) is 34.1 Å². The maximum Gasteiger partial charge on any atom is 0.0620 e. The zero-order chi connectivity index (χ0) is 47.2. The number of para-hydroxylation sites is 1. The van der Waals surface area contributed by atoms with Crippen LogP contribution in [-0.2, 0) is 0 Å². The van der Waals surface area contributed by atoms with Gasteiger partial charge >= 0.3 is 0 Å². The van der Waals surface area contributed by atoms with E-state index in [1.807, 2.05) is 11.3 Å². The molecule has 0 amide bonds. The highest BCUT2D eigenvalue weighted by Gasteiger charge is 2.26. The van der Waals surface area contributed by atoms with E-state index in [1.54, 1.807) is 0 Å². The van der Waals surface area contributed by atoms with Gasteiger partial charge in [0.15, 0.2) is 0 Å². The average molecular weight is 959 g/mol. The summed E-state index contributed by atoms with van der Waals surface area (Å²) >= 11 is 1.84. The lowest BCUT2D eigenvalue weighted by Gasteiger charge is -2.34. The number of thiophene rings is 1. The Bertz CT molecular complexity index is 3400. The fourth-order valence-electron chi connectivity index (χ4n) is 9.10. The Morgan fingerprint density at radius 2 is 0.750 bits per heavy atom.